The van der Waals surface area contributed by atoms with Crippen molar-refractivity contribution in [2.75, 3.05) is 6.61 Å². The predicted molar refractivity (Wildman–Crippen MR) is 118 cm³/mol. The van der Waals surface area contributed by atoms with Gasteiger partial charge in [0.15, 0.2) is 0 Å². The van der Waals surface area contributed by atoms with Crippen molar-refractivity contribution < 1.29 is 27.8 Å². The smallest absolute Gasteiger partial charge is 0.311 e. The molecule has 4 nitrogen and oxygen atoms in total. The molecule has 0 aliphatic heterocycles. The Morgan fingerprint density at radius 1 is 0.677 bits per heavy atom. The fourth-order valence-corrected chi connectivity index (χ4v) is 3.35. The summed E-state index contributed by atoms with van der Waals surface area (Å²) in [6.45, 7) is 2.64. The van der Waals surface area contributed by atoms with E-state index in [1.807, 2.05) is 0 Å². The van der Waals surface area contributed by atoms with Gasteiger partial charge in [0.2, 0.25) is 0 Å². The van der Waals surface area contributed by atoms with Crippen LogP contribution in [0.15, 0.2) is 18.2 Å². The van der Waals surface area contributed by atoms with Gasteiger partial charge in [-0.25, -0.2) is 8.78 Å². The molecule has 0 aromatic heterocycles. The van der Waals surface area contributed by atoms with E-state index in [2.05, 4.69) is 6.92 Å². The summed E-state index contributed by atoms with van der Waals surface area (Å²) in [4.78, 5) is 23.4. The van der Waals surface area contributed by atoms with Crippen LogP contribution in [0.5, 0.6) is 5.75 Å². The third-order valence-corrected chi connectivity index (χ3v) is 5.09. The number of rotatable bonds is 18. The third-order valence-electron chi connectivity index (χ3n) is 5.09. The van der Waals surface area contributed by atoms with E-state index >= 15 is 0 Å². The molecule has 0 spiro atoms. The Morgan fingerprint density at radius 3 is 1.71 bits per heavy atom. The summed E-state index contributed by atoms with van der Waals surface area (Å²) in [7, 11) is 0. The van der Waals surface area contributed by atoms with E-state index in [1.54, 1.807) is 0 Å². The molecular formula is C25H38F2O4. The van der Waals surface area contributed by atoms with Gasteiger partial charge in [0.25, 0.3) is 0 Å². The summed E-state index contributed by atoms with van der Waals surface area (Å²) in [5.74, 6) is -2.79. The lowest BCUT2D eigenvalue weighted by Crippen LogP contribution is -2.10. The molecule has 0 amide bonds. The van der Waals surface area contributed by atoms with Crippen molar-refractivity contribution >= 4 is 11.9 Å². The maximum atomic E-state index is 13.1. The van der Waals surface area contributed by atoms with Gasteiger partial charge in [-0.3, -0.25) is 9.59 Å². The predicted octanol–water partition coefficient (Wildman–Crippen LogP) is 7.28. The number of carbonyl (C=O) groups excluding carboxylic acids is 2. The monoisotopic (exact) mass is 440 g/mol. The number of esters is 2. The van der Waals surface area contributed by atoms with Gasteiger partial charge in [0.1, 0.15) is 17.4 Å². The minimum atomic E-state index is -0.816. The molecule has 0 N–H and O–H groups in total. The minimum Gasteiger partial charge on any atom is -0.466 e. The molecule has 0 aliphatic rings. The second-order valence-corrected chi connectivity index (χ2v) is 8.04. The van der Waals surface area contributed by atoms with Crippen molar-refractivity contribution in [3.8, 4) is 5.75 Å². The summed E-state index contributed by atoms with van der Waals surface area (Å²) < 4.78 is 36.2. The zero-order valence-corrected chi connectivity index (χ0v) is 18.9. The van der Waals surface area contributed by atoms with Gasteiger partial charge in [-0.2, -0.15) is 0 Å². The van der Waals surface area contributed by atoms with Crippen LogP contribution in [0.25, 0.3) is 0 Å². The molecule has 0 heterocycles. The molecule has 1 aromatic rings. The molecule has 0 unspecified atom stereocenters. The molecule has 0 atom stereocenters. The van der Waals surface area contributed by atoms with Crippen molar-refractivity contribution in [1.82, 2.24) is 0 Å². The maximum Gasteiger partial charge on any atom is 0.311 e. The van der Waals surface area contributed by atoms with Crippen LogP contribution in [0, 0.1) is 11.6 Å². The van der Waals surface area contributed by atoms with Gasteiger partial charge >= 0.3 is 11.9 Å². The molecule has 0 fully saturated rings. The Balaban J connectivity index is 1.92. The van der Waals surface area contributed by atoms with E-state index in [0.29, 0.717) is 12.7 Å². The normalized spacial score (nSPS) is 10.8. The molecule has 0 aliphatic carbocycles. The van der Waals surface area contributed by atoms with Gasteiger partial charge < -0.3 is 9.47 Å². The van der Waals surface area contributed by atoms with E-state index in [-0.39, 0.29) is 31.0 Å². The Bertz CT molecular complexity index is 614. The third kappa shape index (κ3) is 15.5. The van der Waals surface area contributed by atoms with Crippen LogP contribution in [-0.4, -0.2) is 18.5 Å². The molecule has 0 saturated carbocycles. The molecule has 0 radical (unpaired) electrons. The molecule has 31 heavy (non-hydrogen) atoms. The average molecular weight is 441 g/mol. The van der Waals surface area contributed by atoms with Crippen molar-refractivity contribution in [3.05, 3.63) is 29.8 Å². The van der Waals surface area contributed by atoms with E-state index in [9.17, 15) is 18.4 Å². The lowest BCUT2D eigenvalue weighted by molar-refractivity contribution is -0.144. The summed E-state index contributed by atoms with van der Waals surface area (Å²) in [5, 5.41) is 0. The molecule has 0 saturated heterocycles. The van der Waals surface area contributed by atoms with Crippen molar-refractivity contribution in [2.24, 2.45) is 0 Å². The Kier molecular flexibility index (Phi) is 15.4. The zero-order chi connectivity index (χ0) is 22.7. The van der Waals surface area contributed by atoms with E-state index < -0.39 is 17.6 Å². The first-order valence-corrected chi connectivity index (χ1v) is 11.8. The fraction of sp³-hybridized carbons (Fsp3) is 0.680. The molecule has 0 bridgehead atoms. The topological polar surface area (TPSA) is 52.6 Å². The Labute approximate surface area is 185 Å². The first-order chi connectivity index (χ1) is 15.0. The highest BCUT2D eigenvalue weighted by Crippen LogP contribution is 2.16. The number of carbonyl (C=O) groups is 2. The molecule has 6 heteroatoms. The molecule has 1 rings (SSSR count). The van der Waals surface area contributed by atoms with Gasteiger partial charge in [-0.05, 0) is 12.8 Å². The van der Waals surface area contributed by atoms with Crippen LogP contribution in [0.3, 0.4) is 0 Å². The van der Waals surface area contributed by atoms with Crippen LogP contribution in [-0.2, 0) is 14.3 Å². The van der Waals surface area contributed by atoms with Crippen molar-refractivity contribution in [3.63, 3.8) is 0 Å². The average Bonchev–Trinajstić information content (AvgIpc) is 2.70. The lowest BCUT2D eigenvalue weighted by Gasteiger charge is -2.06. The van der Waals surface area contributed by atoms with E-state index in [4.69, 9.17) is 9.47 Å². The summed E-state index contributed by atoms with van der Waals surface area (Å²) in [6, 6.07) is 2.57. The number of unbranched alkanes of at least 4 members (excludes halogenated alkanes) is 11. The molecule has 176 valence electrons. The summed E-state index contributed by atoms with van der Waals surface area (Å²) in [5.41, 5.74) is 0. The van der Waals surface area contributed by atoms with Crippen molar-refractivity contribution in [2.45, 2.75) is 103 Å². The number of hydrogen-bond acceptors (Lipinski definition) is 4. The van der Waals surface area contributed by atoms with Crippen LogP contribution in [0.2, 0.25) is 0 Å². The number of hydrogen-bond donors (Lipinski definition) is 0. The highest BCUT2D eigenvalue weighted by atomic mass is 19.1. The second-order valence-electron chi connectivity index (χ2n) is 8.04. The van der Waals surface area contributed by atoms with Crippen LogP contribution in [0.4, 0.5) is 8.78 Å². The number of benzene rings is 1. The van der Waals surface area contributed by atoms with Crippen LogP contribution >= 0.6 is 0 Å². The molecular weight excluding hydrogens is 402 g/mol. The molecule has 1 aromatic carbocycles. The summed E-state index contributed by atoms with van der Waals surface area (Å²) in [6.07, 6.45) is 15.4. The van der Waals surface area contributed by atoms with Gasteiger partial charge in [0, 0.05) is 31.0 Å². The lowest BCUT2D eigenvalue weighted by atomic mass is 10.1. The number of halogens is 2. The second kappa shape index (κ2) is 17.7. The zero-order valence-electron chi connectivity index (χ0n) is 18.9. The van der Waals surface area contributed by atoms with Crippen LogP contribution < -0.4 is 4.74 Å². The minimum absolute atomic E-state index is 0.0220. The Morgan fingerprint density at radius 2 is 1.16 bits per heavy atom. The largest absolute Gasteiger partial charge is 0.466 e. The maximum absolute atomic E-state index is 13.1. The van der Waals surface area contributed by atoms with Gasteiger partial charge in [0.05, 0.1) is 6.61 Å². The fourth-order valence-electron chi connectivity index (χ4n) is 3.35. The van der Waals surface area contributed by atoms with Crippen LogP contribution in [0.1, 0.15) is 103 Å². The Hall–Kier alpha value is -1.98. The van der Waals surface area contributed by atoms with Gasteiger partial charge in [-0.1, -0.05) is 77.6 Å². The highest BCUT2D eigenvalue weighted by molar-refractivity contribution is 5.74. The SMILES string of the molecule is CCCCCCCCCCCCCCOC(=O)CCCC(=O)Oc1cc(F)cc(F)c1. The number of ether oxygens (including phenoxy) is 2. The standard InChI is InChI=1S/C25H38F2O4/c1-2-3-4-5-6-7-8-9-10-11-12-13-17-30-24(28)15-14-16-25(29)31-23-19-21(26)18-22(27)20-23/h18-20H,2-17H2,1H3. The van der Waals surface area contributed by atoms with Gasteiger partial charge in [-0.15, -0.1) is 0 Å². The highest BCUT2D eigenvalue weighted by Gasteiger charge is 2.10. The first-order valence-electron chi connectivity index (χ1n) is 11.8. The quantitative estimate of drug-likeness (QED) is 0.137. The van der Waals surface area contributed by atoms with E-state index in [1.165, 1.54) is 64.2 Å². The first kappa shape index (κ1) is 27.1. The summed E-state index contributed by atoms with van der Waals surface area (Å²) >= 11 is 0. The van der Waals surface area contributed by atoms with Crippen molar-refractivity contribution in [1.29, 1.82) is 0 Å². The van der Waals surface area contributed by atoms with E-state index in [0.717, 1.165) is 25.0 Å².